The lowest BCUT2D eigenvalue weighted by molar-refractivity contribution is 0.413. The number of benzene rings is 2. The predicted molar refractivity (Wildman–Crippen MR) is 134 cm³/mol. The molecule has 8 heteroatoms. The van der Waals surface area contributed by atoms with E-state index < -0.39 is 0 Å². The smallest absolute Gasteiger partial charge is 0.248 e. The first kappa shape index (κ1) is 22.0. The number of aryl methyl sites for hydroxylation is 1. The lowest BCUT2D eigenvalue weighted by atomic mass is 9.95. The molecule has 1 unspecified atom stereocenters. The highest BCUT2D eigenvalue weighted by Crippen LogP contribution is 2.37. The molecule has 1 fully saturated rings. The van der Waals surface area contributed by atoms with Gasteiger partial charge in [0.2, 0.25) is 11.9 Å². The molecule has 8 nitrogen and oxygen atoms in total. The fourth-order valence-corrected chi connectivity index (χ4v) is 4.37. The molecule has 0 spiro atoms. The van der Waals surface area contributed by atoms with Crippen LogP contribution in [0.3, 0.4) is 0 Å². The Morgan fingerprint density at radius 1 is 1.15 bits per heavy atom. The molecule has 1 aliphatic rings. The van der Waals surface area contributed by atoms with E-state index in [4.69, 9.17) is 14.8 Å². The van der Waals surface area contributed by atoms with Crippen molar-refractivity contribution in [3.05, 3.63) is 72.3 Å². The summed E-state index contributed by atoms with van der Waals surface area (Å²) in [5.74, 6) is 2.70. The molecular weight excluding hydrogens is 426 g/mol. The van der Waals surface area contributed by atoms with Crippen LogP contribution in [0.2, 0.25) is 0 Å². The maximum absolute atomic E-state index is 5.65. The zero-order chi connectivity index (χ0) is 23.7. The van der Waals surface area contributed by atoms with Crippen LogP contribution >= 0.6 is 0 Å². The van der Waals surface area contributed by atoms with E-state index in [9.17, 15) is 0 Å². The summed E-state index contributed by atoms with van der Waals surface area (Å²) in [6.07, 6.45) is 4.88. The first-order chi connectivity index (χ1) is 16.5. The van der Waals surface area contributed by atoms with Gasteiger partial charge in [0.05, 0.1) is 30.9 Å². The number of hydrogen-bond donors (Lipinski definition) is 1. The largest absolute Gasteiger partial charge is 0.494 e. The fourth-order valence-electron chi connectivity index (χ4n) is 4.37. The van der Waals surface area contributed by atoms with E-state index in [-0.39, 0.29) is 0 Å². The van der Waals surface area contributed by atoms with Gasteiger partial charge in [-0.3, -0.25) is 0 Å². The van der Waals surface area contributed by atoms with Crippen molar-refractivity contribution in [2.24, 2.45) is 5.92 Å². The molecule has 0 bridgehead atoms. The van der Waals surface area contributed by atoms with Crippen LogP contribution in [-0.2, 0) is 6.54 Å². The number of hydrogen-bond acceptors (Lipinski definition) is 6. The lowest BCUT2D eigenvalue weighted by Gasteiger charge is -2.41. The minimum Gasteiger partial charge on any atom is -0.494 e. The van der Waals surface area contributed by atoms with E-state index >= 15 is 0 Å². The number of nitrogens with zero attached hydrogens (tertiary/aromatic N) is 6. The number of ether oxygens (including phenoxy) is 1. The summed E-state index contributed by atoms with van der Waals surface area (Å²) in [7, 11) is 1.67. The lowest BCUT2D eigenvalue weighted by Crippen LogP contribution is -2.42. The van der Waals surface area contributed by atoms with Gasteiger partial charge in [-0.05, 0) is 37.0 Å². The van der Waals surface area contributed by atoms with Gasteiger partial charge in [0.25, 0.3) is 0 Å². The Bertz CT molecular complexity index is 1260. The van der Waals surface area contributed by atoms with E-state index in [1.54, 1.807) is 13.4 Å². The van der Waals surface area contributed by atoms with Crippen molar-refractivity contribution in [2.45, 2.75) is 39.8 Å². The zero-order valence-electron chi connectivity index (χ0n) is 20.1. The number of methoxy groups -OCH3 is 1. The van der Waals surface area contributed by atoms with Crippen molar-refractivity contribution in [1.82, 2.24) is 24.3 Å². The minimum absolute atomic E-state index is 0.335. The Morgan fingerprint density at radius 2 is 1.97 bits per heavy atom. The molecule has 34 heavy (non-hydrogen) atoms. The number of aromatic nitrogens is 5. The van der Waals surface area contributed by atoms with Crippen LogP contribution in [0.4, 0.5) is 17.6 Å². The van der Waals surface area contributed by atoms with Gasteiger partial charge in [0.15, 0.2) is 0 Å². The predicted octanol–water partition coefficient (Wildman–Crippen LogP) is 5.13. The fraction of sp³-hybridized carbons (Fsp3) is 0.346. The van der Waals surface area contributed by atoms with Gasteiger partial charge in [-0.1, -0.05) is 44.2 Å². The van der Waals surface area contributed by atoms with E-state index in [1.165, 1.54) is 5.56 Å². The summed E-state index contributed by atoms with van der Waals surface area (Å²) in [5, 5.41) is 8.19. The van der Waals surface area contributed by atoms with Crippen LogP contribution in [-0.4, -0.2) is 38.0 Å². The quantitative estimate of drug-likeness (QED) is 0.395. The van der Waals surface area contributed by atoms with Crippen molar-refractivity contribution in [1.29, 1.82) is 0 Å². The van der Waals surface area contributed by atoms with Crippen LogP contribution in [0.1, 0.15) is 37.6 Å². The third-order valence-electron chi connectivity index (χ3n) is 6.08. The van der Waals surface area contributed by atoms with Crippen LogP contribution in [0.15, 0.2) is 61.1 Å². The van der Waals surface area contributed by atoms with E-state index in [0.717, 1.165) is 48.3 Å². The number of nitrogens with one attached hydrogen (secondary N) is 1. The second-order valence-corrected chi connectivity index (χ2v) is 9.15. The van der Waals surface area contributed by atoms with Crippen molar-refractivity contribution < 1.29 is 4.74 Å². The molecule has 176 valence electrons. The molecule has 4 aromatic rings. The van der Waals surface area contributed by atoms with Crippen molar-refractivity contribution >= 4 is 17.6 Å². The Labute approximate surface area is 200 Å². The van der Waals surface area contributed by atoms with Gasteiger partial charge in [0, 0.05) is 31.0 Å². The minimum atomic E-state index is 0.335. The molecule has 0 radical (unpaired) electrons. The maximum Gasteiger partial charge on any atom is 0.248 e. The Morgan fingerprint density at radius 3 is 2.62 bits per heavy atom. The normalized spacial score (nSPS) is 15.4. The molecule has 2 aromatic carbocycles. The molecule has 0 saturated carbocycles. The van der Waals surface area contributed by atoms with Crippen molar-refractivity contribution in [2.75, 3.05) is 23.9 Å². The summed E-state index contributed by atoms with van der Waals surface area (Å²) in [5.41, 5.74) is 4.07. The van der Waals surface area contributed by atoms with Crippen molar-refractivity contribution in [3.8, 4) is 11.4 Å². The van der Waals surface area contributed by atoms with E-state index in [0.29, 0.717) is 17.9 Å². The average molecular weight is 458 g/mol. The molecule has 1 N–H and O–H groups in total. The zero-order valence-corrected chi connectivity index (χ0v) is 20.1. The summed E-state index contributed by atoms with van der Waals surface area (Å²) in [4.78, 5) is 11.6. The Kier molecular flexibility index (Phi) is 5.96. The van der Waals surface area contributed by atoms with Gasteiger partial charge >= 0.3 is 0 Å². The number of rotatable bonds is 8. The molecular formula is C26H31N7O. The Balaban J connectivity index is 1.42. The third-order valence-corrected chi connectivity index (χ3v) is 6.08. The maximum atomic E-state index is 5.65. The molecule has 2 aromatic heterocycles. The van der Waals surface area contributed by atoms with Crippen LogP contribution in [0, 0.1) is 12.8 Å². The SMILES string of the molecule is COc1cc(Nc2nc(N3CCC3c3ccccc3)n(CC(C)C)n2)ccc1-n1cnc(C)c1. The van der Waals surface area contributed by atoms with E-state index in [1.807, 2.05) is 40.6 Å². The van der Waals surface area contributed by atoms with Gasteiger partial charge in [-0.2, -0.15) is 4.98 Å². The Hall–Kier alpha value is -3.81. The first-order valence-electron chi connectivity index (χ1n) is 11.7. The number of imidazole rings is 1. The second kappa shape index (κ2) is 9.21. The molecule has 5 rings (SSSR count). The topological polar surface area (TPSA) is 73.0 Å². The van der Waals surface area contributed by atoms with Crippen LogP contribution in [0.25, 0.3) is 5.69 Å². The highest BCUT2D eigenvalue weighted by Gasteiger charge is 2.33. The standard InChI is InChI=1S/C26H31N7O/c1-18(2)15-33-26(32-13-12-22(32)20-8-6-5-7-9-20)29-25(30-33)28-21-10-11-23(24(14-21)34-4)31-16-19(3)27-17-31/h5-11,14,16-18,22H,12-13,15H2,1-4H3,(H,28,30). The first-order valence-corrected chi connectivity index (χ1v) is 11.7. The molecule has 3 heterocycles. The van der Waals surface area contributed by atoms with E-state index in [2.05, 4.69) is 59.4 Å². The summed E-state index contributed by atoms with van der Waals surface area (Å²) < 4.78 is 9.64. The average Bonchev–Trinajstić information content (AvgIpc) is 3.39. The van der Waals surface area contributed by atoms with Crippen LogP contribution < -0.4 is 15.0 Å². The molecule has 1 saturated heterocycles. The monoisotopic (exact) mass is 457 g/mol. The highest BCUT2D eigenvalue weighted by molar-refractivity contribution is 5.62. The van der Waals surface area contributed by atoms with Crippen LogP contribution in [0.5, 0.6) is 5.75 Å². The number of anilines is 3. The van der Waals surface area contributed by atoms with Crippen molar-refractivity contribution in [3.63, 3.8) is 0 Å². The molecule has 1 atom stereocenters. The van der Waals surface area contributed by atoms with Gasteiger partial charge in [-0.15, -0.1) is 5.10 Å². The summed E-state index contributed by atoms with van der Waals surface area (Å²) >= 11 is 0. The molecule has 1 aliphatic heterocycles. The third kappa shape index (κ3) is 4.35. The van der Waals surface area contributed by atoms with Gasteiger partial charge < -0.3 is 19.5 Å². The van der Waals surface area contributed by atoms with Gasteiger partial charge in [0.1, 0.15) is 5.75 Å². The highest BCUT2D eigenvalue weighted by atomic mass is 16.5. The second-order valence-electron chi connectivity index (χ2n) is 9.15. The molecule has 0 amide bonds. The summed E-state index contributed by atoms with van der Waals surface area (Å²) in [6.45, 7) is 8.15. The summed E-state index contributed by atoms with van der Waals surface area (Å²) in [6, 6.07) is 16.9. The van der Waals surface area contributed by atoms with Gasteiger partial charge in [-0.25, -0.2) is 9.67 Å². The molecule has 0 aliphatic carbocycles.